The maximum Gasteiger partial charge on any atom is 0.271 e. The third kappa shape index (κ3) is 4.10. The topological polar surface area (TPSA) is 105 Å². The van der Waals surface area contributed by atoms with E-state index < -0.39 is 16.6 Å². The van der Waals surface area contributed by atoms with Gasteiger partial charge in [0.05, 0.1) is 15.6 Å². The van der Waals surface area contributed by atoms with Crippen molar-refractivity contribution < 1.29 is 19.2 Å². The minimum Gasteiger partial charge on any atom is -0.506 e. The summed E-state index contributed by atoms with van der Waals surface area (Å²) in [6, 6.07) is 7.23. The molecular formula is C14H9BrFN3O4. The monoisotopic (exact) mass is 381 g/mol. The second kappa shape index (κ2) is 6.97. The number of carbonyl (C=O) groups excluding carboxylic acids is 1. The van der Waals surface area contributed by atoms with E-state index >= 15 is 0 Å². The molecule has 0 aliphatic carbocycles. The third-order valence-electron chi connectivity index (χ3n) is 2.75. The molecule has 1 amide bonds. The number of non-ortho nitro benzene ring substituents is 1. The molecule has 0 aromatic heterocycles. The molecule has 0 saturated heterocycles. The van der Waals surface area contributed by atoms with Crippen LogP contribution >= 0.6 is 15.9 Å². The molecule has 118 valence electrons. The van der Waals surface area contributed by atoms with Gasteiger partial charge in [-0.05, 0) is 34.1 Å². The highest BCUT2D eigenvalue weighted by Gasteiger charge is 2.13. The van der Waals surface area contributed by atoms with Crippen molar-refractivity contribution in [3.63, 3.8) is 0 Å². The van der Waals surface area contributed by atoms with Gasteiger partial charge in [-0.25, -0.2) is 9.82 Å². The molecule has 2 aromatic carbocycles. The average Bonchev–Trinajstić information content (AvgIpc) is 2.50. The first kappa shape index (κ1) is 16.6. The van der Waals surface area contributed by atoms with Gasteiger partial charge in [-0.3, -0.25) is 14.9 Å². The Hall–Kier alpha value is -2.81. The zero-order valence-electron chi connectivity index (χ0n) is 11.4. The standard InChI is InChI=1S/C14H9BrFN3O4/c15-12-6-11(19(22)23)5-9(13(12)20)7-17-18-14(21)8-2-1-3-10(16)4-8/h1-7,20H,(H,18,21)/b17-7+. The molecular weight excluding hydrogens is 373 g/mol. The van der Waals surface area contributed by atoms with Crippen LogP contribution in [-0.2, 0) is 0 Å². The second-order valence-corrected chi connectivity index (χ2v) is 5.19. The molecule has 0 spiro atoms. The normalized spacial score (nSPS) is 10.7. The number of rotatable bonds is 4. The number of hydrogen-bond donors (Lipinski definition) is 2. The lowest BCUT2D eigenvalue weighted by atomic mass is 10.2. The van der Waals surface area contributed by atoms with Crippen LogP contribution in [0, 0.1) is 15.9 Å². The number of nitrogens with one attached hydrogen (secondary N) is 1. The summed E-state index contributed by atoms with van der Waals surface area (Å²) in [4.78, 5) is 21.9. The van der Waals surface area contributed by atoms with E-state index in [0.29, 0.717) is 0 Å². The molecule has 0 aliphatic rings. The molecule has 2 rings (SSSR count). The molecule has 0 radical (unpaired) electrons. The predicted octanol–water partition coefficient (Wildman–Crippen LogP) is 2.97. The SMILES string of the molecule is O=C(N/N=C/c1cc([N+](=O)[O-])cc(Br)c1O)c1cccc(F)c1. The van der Waals surface area contributed by atoms with Gasteiger partial charge in [0, 0.05) is 23.3 Å². The summed E-state index contributed by atoms with van der Waals surface area (Å²) in [7, 11) is 0. The van der Waals surface area contributed by atoms with Crippen LogP contribution in [0.5, 0.6) is 5.75 Å². The number of hydrazone groups is 1. The lowest BCUT2D eigenvalue weighted by molar-refractivity contribution is -0.385. The highest BCUT2D eigenvalue weighted by molar-refractivity contribution is 9.10. The zero-order valence-corrected chi connectivity index (χ0v) is 12.9. The van der Waals surface area contributed by atoms with Gasteiger partial charge in [0.1, 0.15) is 11.6 Å². The number of halogens is 2. The predicted molar refractivity (Wildman–Crippen MR) is 83.9 cm³/mol. The van der Waals surface area contributed by atoms with Crippen LogP contribution in [0.2, 0.25) is 0 Å². The number of hydrogen-bond acceptors (Lipinski definition) is 5. The Balaban J connectivity index is 2.17. The largest absolute Gasteiger partial charge is 0.506 e. The fourth-order valence-corrected chi connectivity index (χ4v) is 2.13. The van der Waals surface area contributed by atoms with E-state index in [4.69, 9.17) is 0 Å². The van der Waals surface area contributed by atoms with Crippen molar-refractivity contribution in [2.24, 2.45) is 5.10 Å². The first-order valence-corrected chi connectivity index (χ1v) is 6.93. The molecule has 7 nitrogen and oxygen atoms in total. The Morgan fingerprint density at radius 3 is 2.78 bits per heavy atom. The quantitative estimate of drug-likeness (QED) is 0.482. The molecule has 0 bridgehead atoms. The second-order valence-electron chi connectivity index (χ2n) is 4.33. The van der Waals surface area contributed by atoms with Gasteiger partial charge in [-0.2, -0.15) is 5.10 Å². The van der Waals surface area contributed by atoms with Crippen LogP contribution in [-0.4, -0.2) is 22.2 Å². The minimum absolute atomic E-state index is 0.0330. The lowest BCUT2D eigenvalue weighted by Crippen LogP contribution is -2.17. The summed E-state index contributed by atoms with van der Waals surface area (Å²) in [6.07, 6.45) is 1.05. The number of nitro groups is 1. The van der Waals surface area contributed by atoms with Crippen LogP contribution in [0.15, 0.2) is 46.0 Å². The van der Waals surface area contributed by atoms with E-state index in [1.54, 1.807) is 0 Å². The van der Waals surface area contributed by atoms with Crippen LogP contribution in [0.4, 0.5) is 10.1 Å². The number of carbonyl (C=O) groups is 1. The summed E-state index contributed by atoms with van der Waals surface area (Å²) in [5, 5.41) is 24.2. The Morgan fingerprint density at radius 2 is 2.13 bits per heavy atom. The van der Waals surface area contributed by atoms with E-state index in [0.717, 1.165) is 24.4 Å². The van der Waals surface area contributed by atoms with Gasteiger partial charge < -0.3 is 5.11 Å². The number of aromatic hydroxyl groups is 1. The summed E-state index contributed by atoms with van der Waals surface area (Å²) < 4.78 is 13.1. The van der Waals surface area contributed by atoms with Crippen LogP contribution in [0.3, 0.4) is 0 Å². The summed E-state index contributed by atoms with van der Waals surface area (Å²) in [6.45, 7) is 0. The molecule has 2 N–H and O–H groups in total. The maximum absolute atomic E-state index is 13.0. The molecule has 0 fully saturated rings. The van der Waals surface area contributed by atoms with E-state index in [9.17, 15) is 24.4 Å². The van der Waals surface area contributed by atoms with Gasteiger partial charge in [-0.15, -0.1) is 0 Å². The smallest absolute Gasteiger partial charge is 0.271 e. The van der Waals surface area contributed by atoms with Crippen molar-refractivity contribution in [1.82, 2.24) is 5.43 Å². The average molecular weight is 382 g/mol. The van der Waals surface area contributed by atoms with Crippen molar-refractivity contribution in [2.45, 2.75) is 0 Å². The lowest BCUT2D eigenvalue weighted by Gasteiger charge is -2.03. The molecule has 0 atom stereocenters. The minimum atomic E-state index is -0.662. The first-order chi connectivity index (χ1) is 10.9. The number of benzene rings is 2. The van der Waals surface area contributed by atoms with Crippen molar-refractivity contribution in [2.75, 3.05) is 0 Å². The van der Waals surface area contributed by atoms with Gasteiger partial charge in [0.25, 0.3) is 11.6 Å². The molecule has 2 aromatic rings. The highest BCUT2D eigenvalue weighted by atomic mass is 79.9. The van der Waals surface area contributed by atoms with Crippen molar-refractivity contribution >= 4 is 33.7 Å². The number of nitrogens with zero attached hydrogens (tertiary/aromatic N) is 2. The van der Waals surface area contributed by atoms with E-state index in [2.05, 4.69) is 26.5 Å². The zero-order chi connectivity index (χ0) is 17.0. The Morgan fingerprint density at radius 1 is 1.39 bits per heavy atom. The fraction of sp³-hybridized carbons (Fsp3) is 0. The summed E-state index contributed by atoms with van der Waals surface area (Å²) in [5.41, 5.74) is 1.98. The van der Waals surface area contributed by atoms with Crippen molar-refractivity contribution in [3.05, 3.63) is 67.9 Å². The number of nitro benzene ring substituents is 1. The van der Waals surface area contributed by atoms with Crippen LogP contribution in [0.25, 0.3) is 0 Å². The highest BCUT2D eigenvalue weighted by Crippen LogP contribution is 2.31. The van der Waals surface area contributed by atoms with Crippen LogP contribution < -0.4 is 5.43 Å². The van der Waals surface area contributed by atoms with E-state index in [-0.39, 0.29) is 27.0 Å². The molecule has 23 heavy (non-hydrogen) atoms. The number of phenols is 1. The Kier molecular flexibility index (Phi) is 5.02. The fourth-order valence-electron chi connectivity index (χ4n) is 1.66. The van der Waals surface area contributed by atoms with Gasteiger partial charge in [0.15, 0.2) is 0 Å². The molecule has 0 saturated carbocycles. The molecule has 0 aliphatic heterocycles. The van der Waals surface area contributed by atoms with Gasteiger partial charge in [0.2, 0.25) is 0 Å². The van der Waals surface area contributed by atoms with Crippen molar-refractivity contribution in [1.29, 1.82) is 0 Å². The van der Waals surface area contributed by atoms with E-state index in [1.807, 2.05) is 0 Å². The van der Waals surface area contributed by atoms with E-state index in [1.165, 1.54) is 18.2 Å². The Bertz CT molecular complexity index is 811. The number of amides is 1. The van der Waals surface area contributed by atoms with Gasteiger partial charge in [-0.1, -0.05) is 6.07 Å². The number of phenolic OH excluding ortho intramolecular Hbond substituents is 1. The van der Waals surface area contributed by atoms with Gasteiger partial charge >= 0.3 is 0 Å². The van der Waals surface area contributed by atoms with Crippen LogP contribution in [0.1, 0.15) is 15.9 Å². The summed E-state index contributed by atoms with van der Waals surface area (Å²) >= 11 is 2.99. The molecule has 0 unspecified atom stereocenters. The Labute approximate surface area is 137 Å². The summed E-state index contributed by atoms with van der Waals surface area (Å²) in [5.74, 6) is -1.49. The first-order valence-electron chi connectivity index (χ1n) is 6.14. The third-order valence-corrected chi connectivity index (χ3v) is 3.35. The maximum atomic E-state index is 13.0. The molecule has 0 heterocycles. The molecule has 9 heteroatoms. The van der Waals surface area contributed by atoms with Crippen molar-refractivity contribution in [3.8, 4) is 5.75 Å².